The first kappa shape index (κ1) is 25.5. The predicted molar refractivity (Wildman–Crippen MR) is 137 cm³/mol. The number of carbonyl (C=O) groups excluding carboxylic acids is 1. The summed E-state index contributed by atoms with van der Waals surface area (Å²) in [5.41, 5.74) is 6.90. The Kier molecular flexibility index (Phi) is 7.39. The minimum Gasteiger partial charge on any atom is -0.441 e. The lowest BCUT2D eigenvalue weighted by molar-refractivity contribution is -0.122. The Labute approximate surface area is 213 Å². The van der Waals surface area contributed by atoms with Gasteiger partial charge in [0.05, 0.1) is 21.8 Å². The number of primary amides is 1. The number of nitrogens with zero attached hydrogens (tertiary/aromatic N) is 3. The number of nitrogens with two attached hydrogens (primary N) is 1. The van der Waals surface area contributed by atoms with Gasteiger partial charge in [-0.05, 0) is 44.9 Å². The zero-order valence-corrected chi connectivity index (χ0v) is 22.1. The molecule has 35 heavy (non-hydrogen) atoms. The molecule has 0 aliphatic carbocycles. The molecule has 0 spiro atoms. The molecule has 1 fully saturated rings. The molecule has 1 aliphatic heterocycles. The Morgan fingerprint density at radius 2 is 2.11 bits per heavy atom. The maximum Gasteiger partial charge on any atom is 0.227 e. The summed E-state index contributed by atoms with van der Waals surface area (Å²) < 4.78 is 33.7. The van der Waals surface area contributed by atoms with Crippen molar-refractivity contribution in [1.82, 2.24) is 9.97 Å². The molecule has 188 valence electrons. The number of nitrogens with one attached hydrogen (secondary N) is 1. The zero-order valence-electron chi connectivity index (χ0n) is 19.7. The summed E-state index contributed by atoms with van der Waals surface area (Å²) in [4.78, 5) is 22.7. The van der Waals surface area contributed by atoms with E-state index < -0.39 is 27.0 Å². The molecule has 3 aromatic heterocycles. The van der Waals surface area contributed by atoms with Gasteiger partial charge in [0.15, 0.2) is 5.82 Å². The number of sulfone groups is 1. The van der Waals surface area contributed by atoms with Gasteiger partial charge in [0.2, 0.25) is 21.6 Å². The van der Waals surface area contributed by atoms with Crippen molar-refractivity contribution in [2.75, 3.05) is 16.8 Å². The molecule has 3 aromatic rings. The molecule has 9 nitrogen and oxygen atoms in total. The van der Waals surface area contributed by atoms with Crippen LogP contribution in [0, 0.1) is 5.92 Å². The first-order chi connectivity index (χ1) is 16.6. The predicted octanol–water partition coefficient (Wildman–Crippen LogP) is 4.34. The van der Waals surface area contributed by atoms with Crippen molar-refractivity contribution in [3.8, 4) is 11.5 Å². The van der Waals surface area contributed by atoms with E-state index in [2.05, 4.69) is 15.3 Å². The second-order valence-electron chi connectivity index (χ2n) is 8.75. The fraction of sp³-hybridized carbons (Fsp3) is 0.435. The molecule has 4 heterocycles. The molecule has 12 heteroatoms. The summed E-state index contributed by atoms with van der Waals surface area (Å²) in [6.07, 6.45) is 4.52. The normalized spacial score (nSPS) is 18.7. The minimum atomic E-state index is -3.86. The van der Waals surface area contributed by atoms with Crippen LogP contribution >= 0.6 is 22.9 Å². The van der Waals surface area contributed by atoms with Crippen LogP contribution in [-0.2, 0) is 21.1 Å². The number of rotatable bonds is 8. The number of anilines is 2. The van der Waals surface area contributed by atoms with Crippen LogP contribution in [0.15, 0.2) is 39.2 Å². The number of aromatic nitrogens is 2. The fourth-order valence-corrected chi connectivity index (χ4v) is 7.66. The number of pyridine rings is 1. The van der Waals surface area contributed by atoms with E-state index in [4.69, 9.17) is 21.8 Å². The van der Waals surface area contributed by atoms with E-state index in [1.807, 2.05) is 26.8 Å². The van der Waals surface area contributed by atoms with Crippen LogP contribution in [0.2, 0.25) is 4.34 Å². The number of aryl methyl sites for hydroxylation is 1. The lowest BCUT2D eigenvalue weighted by atomic mass is 9.96. The number of thiophene rings is 1. The second-order valence-corrected chi connectivity index (χ2v) is 12.8. The Hall–Kier alpha value is -2.63. The summed E-state index contributed by atoms with van der Waals surface area (Å²) in [6.45, 7) is 6.25. The molecule has 1 saturated heterocycles. The molecule has 4 rings (SSSR count). The molecule has 1 aliphatic rings. The molecule has 1 amide bonds. The topological polar surface area (TPSA) is 131 Å². The van der Waals surface area contributed by atoms with Crippen LogP contribution in [0.3, 0.4) is 0 Å². The van der Waals surface area contributed by atoms with Crippen LogP contribution in [0.4, 0.5) is 11.5 Å². The molecule has 0 aromatic carbocycles. The standard InChI is InChI=1S/C23H28ClN5O4S2/c1-4-16-12-27-23(33-16)15-9-17(28-13(2)3)22(26-11-15)29-8-7-14(21(25)30)10-19(29)35(31,32)20-6-5-18(24)34-20/h5-6,9,11-14,19,28H,4,7-8,10H2,1-3H3,(H2,25,30). The van der Waals surface area contributed by atoms with Crippen LogP contribution < -0.4 is 16.0 Å². The Morgan fingerprint density at radius 3 is 2.71 bits per heavy atom. The average Bonchev–Trinajstić information content (AvgIpc) is 3.48. The van der Waals surface area contributed by atoms with E-state index in [1.54, 1.807) is 23.4 Å². The van der Waals surface area contributed by atoms with Crippen molar-refractivity contribution < 1.29 is 17.6 Å². The number of amides is 1. The lowest BCUT2D eigenvalue weighted by Gasteiger charge is -2.39. The third-order valence-electron chi connectivity index (χ3n) is 5.87. The van der Waals surface area contributed by atoms with E-state index in [0.29, 0.717) is 40.3 Å². The van der Waals surface area contributed by atoms with Gasteiger partial charge < -0.3 is 20.4 Å². The van der Waals surface area contributed by atoms with Gasteiger partial charge in [-0.2, -0.15) is 0 Å². The summed E-state index contributed by atoms with van der Waals surface area (Å²) in [7, 11) is -3.86. The van der Waals surface area contributed by atoms with Crippen LogP contribution in [-0.4, -0.2) is 42.3 Å². The number of piperidine rings is 1. The van der Waals surface area contributed by atoms with Crippen LogP contribution in [0.5, 0.6) is 0 Å². The highest BCUT2D eigenvalue weighted by Crippen LogP contribution is 2.39. The Morgan fingerprint density at radius 1 is 1.34 bits per heavy atom. The van der Waals surface area contributed by atoms with E-state index >= 15 is 0 Å². The third kappa shape index (κ3) is 5.31. The van der Waals surface area contributed by atoms with Gasteiger partial charge in [-0.25, -0.2) is 18.4 Å². The summed E-state index contributed by atoms with van der Waals surface area (Å²) in [6, 6.07) is 4.96. The lowest BCUT2D eigenvalue weighted by Crippen LogP contribution is -2.50. The van der Waals surface area contributed by atoms with Crippen LogP contribution in [0.1, 0.15) is 39.4 Å². The van der Waals surface area contributed by atoms with Crippen molar-refractivity contribution in [3.05, 3.63) is 40.7 Å². The number of hydrogen-bond acceptors (Lipinski definition) is 9. The third-order valence-corrected chi connectivity index (χ3v) is 9.71. The molecular weight excluding hydrogens is 510 g/mol. The molecular formula is C23H28ClN5O4S2. The van der Waals surface area contributed by atoms with Gasteiger partial charge in [-0.15, -0.1) is 11.3 Å². The van der Waals surface area contributed by atoms with Crippen molar-refractivity contribution >= 4 is 50.2 Å². The highest BCUT2D eigenvalue weighted by molar-refractivity contribution is 7.94. The van der Waals surface area contributed by atoms with Crippen molar-refractivity contribution in [2.45, 2.75) is 55.7 Å². The van der Waals surface area contributed by atoms with Gasteiger partial charge in [-0.3, -0.25) is 4.79 Å². The molecule has 2 unspecified atom stereocenters. The highest BCUT2D eigenvalue weighted by atomic mass is 35.5. The van der Waals surface area contributed by atoms with Gasteiger partial charge in [0.1, 0.15) is 15.3 Å². The van der Waals surface area contributed by atoms with Gasteiger partial charge >= 0.3 is 0 Å². The first-order valence-corrected chi connectivity index (χ1v) is 14.1. The number of carbonyl (C=O) groups is 1. The SMILES string of the molecule is CCc1cnc(-c2cnc(N3CCC(C(N)=O)CC3S(=O)(=O)c3ccc(Cl)s3)c(NC(C)C)c2)o1. The van der Waals surface area contributed by atoms with Crippen LogP contribution in [0.25, 0.3) is 11.5 Å². The van der Waals surface area contributed by atoms with E-state index in [9.17, 15) is 13.2 Å². The monoisotopic (exact) mass is 537 g/mol. The average molecular weight is 538 g/mol. The smallest absolute Gasteiger partial charge is 0.227 e. The largest absolute Gasteiger partial charge is 0.441 e. The summed E-state index contributed by atoms with van der Waals surface area (Å²) in [5, 5.41) is 2.35. The minimum absolute atomic E-state index is 0.0517. The Bertz CT molecular complexity index is 1320. The quantitative estimate of drug-likeness (QED) is 0.434. The molecule has 0 bridgehead atoms. The van der Waals surface area contributed by atoms with Gasteiger partial charge in [0, 0.05) is 31.1 Å². The van der Waals surface area contributed by atoms with E-state index in [-0.39, 0.29) is 16.7 Å². The van der Waals surface area contributed by atoms with Gasteiger partial charge in [0.25, 0.3) is 0 Å². The molecule has 3 N–H and O–H groups in total. The van der Waals surface area contributed by atoms with Gasteiger partial charge in [-0.1, -0.05) is 18.5 Å². The van der Waals surface area contributed by atoms with Crippen molar-refractivity contribution in [1.29, 1.82) is 0 Å². The zero-order chi connectivity index (χ0) is 25.3. The highest BCUT2D eigenvalue weighted by Gasteiger charge is 2.42. The maximum atomic E-state index is 13.7. The Balaban J connectivity index is 1.79. The van der Waals surface area contributed by atoms with E-state index in [1.165, 1.54) is 6.07 Å². The molecule has 0 radical (unpaired) electrons. The van der Waals surface area contributed by atoms with Crippen molar-refractivity contribution in [3.63, 3.8) is 0 Å². The molecule has 0 saturated carbocycles. The number of oxazole rings is 1. The summed E-state index contributed by atoms with van der Waals surface area (Å²) >= 11 is 7.03. The molecule has 2 atom stereocenters. The fourth-order valence-electron chi connectivity index (χ4n) is 4.13. The number of halogens is 1. The maximum absolute atomic E-state index is 13.7. The summed E-state index contributed by atoms with van der Waals surface area (Å²) in [5.74, 6) is 0.619. The first-order valence-electron chi connectivity index (χ1n) is 11.4. The number of hydrogen-bond donors (Lipinski definition) is 2. The van der Waals surface area contributed by atoms with Crippen molar-refractivity contribution in [2.24, 2.45) is 11.7 Å². The van der Waals surface area contributed by atoms with E-state index in [0.717, 1.165) is 23.5 Å². The second kappa shape index (κ2) is 10.2.